The van der Waals surface area contributed by atoms with Crippen LogP contribution in [0.2, 0.25) is 0 Å². The number of benzene rings is 1. The summed E-state index contributed by atoms with van der Waals surface area (Å²) >= 11 is 5.61. The number of ketones is 2. The normalized spacial score (nSPS) is 26.7. The topological polar surface area (TPSA) is 409 Å². The van der Waals surface area contributed by atoms with Crippen LogP contribution in [0.25, 0.3) is 33.3 Å². The van der Waals surface area contributed by atoms with E-state index >= 15 is 0 Å². The fourth-order valence-corrected chi connectivity index (χ4v) is 17.1. The molecule has 0 radical (unpaired) electrons. The second-order valence-corrected chi connectivity index (χ2v) is 33.8. The Kier molecular flexibility index (Phi) is 40.1. The number of nitrogen functional groups attached to an aromatic ring is 1. The summed E-state index contributed by atoms with van der Waals surface area (Å²) in [5.74, 6) is -6.89. The molecule has 3 fully saturated rings. The van der Waals surface area contributed by atoms with Crippen molar-refractivity contribution in [3.8, 4) is 11.3 Å². The second kappa shape index (κ2) is 50.6. The number of cyclic esters (lactones) is 1. The fraction of sp³-hybridized carbons (Fsp3) is 0.648. The SMILES string of the molecule is CO[C@H]1C[C@@H]2CC[C@@H](C)[C@@](O)(O2)C(=O)C(=O)N2CCCC[C@H]2C(=O)O[C@H]([C@H](N)C[C@@H]2CC[C@@H](OC(=S)NCCOCCOCCOCCOCCOCCOCCOCCOCCC(=O)N3CCc4cc(Cn5nc(-c6cnc7[nH]ccc7c6)c6c(N)ncnc65)ccc4C3)[C@H](OC)C2)CC[C@H](C)/C=C(\C)[C@@H](O)[C@@H](O)C(=O)[C@H](C)C[C@H](C)/C=C/C=CC=C1C. The smallest absolute Gasteiger partial charge is 0.329 e. The lowest BCUT2D eigenvalue weighted by atomic mass is 9.80. The minimum absolute atomic E-state index is 0.0263. The van der Waals surface area contributed by atoms with Crippen LogP contribution in [0, 0.1) is 29.6 Å². The van der Waals surface area contributed by atoms with Gasteiger partial charge in [-0.05, 0) is 167 Å². The summed E-state index contributed by atoms with van der Waals surface area (Å²) in [6.45, 7) is 19.4. The molecule has 0 unspecified atom stereocenters. The van der Waals surface area contributed by atoms with Crippen molar-refractivity contribution in [1.82, 2.24) is 44.8 Å². The molecular weight excluding hydrogens is 1620 g/mol. The summed E-state index contributed by atoms with van der Waals surface area (Å²) in [5, 5.41) is 44.6. The van der Waals surface area contributed by atoms with E-state index in [2.05, 4.69) is 43.5 Å². The van der Waals surface area contributed by atoms with Gasteiger partial charge < -0.3 is 108 Å². The lowest BCUT2D eigenvalue weighted by Crippen LogP contribution is -2.61. The molecule has 0 spiro atoms. The Morgan fingerprint density at radius 2 is 1.40 bits per heavy atom. The van der Waals surface area contributed by atoms with E-state index in [-0.39, 0.29) is 60.4 Å². The number of esters is 1. The van der Waals surface area contributed by atoms with E-state index in [9.17, 15) is 39.3 Å². The molecule has 5 aromatic rings. The molecular formula is C91H133N11O21S. The number of aromatic amines is 1. The van der Waals surface area contributed by atoms with Crippen LogP contribution >= 0.6 is 12.2 Å². The van der Waals surface area contributed by atoms with Gasteiger partial charge in [0, 0.05) is 88.0 Å². The molecule has 124 heavy (non-hydrogen) atoms. The predicted molar refractivity (Wildman–Crippen MR) is 469 cm³/mol. The number of aliphatic hydroxyl groups excluding tert-OH is 2. The number of aromatic nitrogens is 6. The van der Waals surface area contributed by atoms with Crippen LogP contribution in [-0.4, -0.2) is 290 Å². The number of carbonyl (C=O) groups excluding carboxylic acids is 5. The molecule has 32 nitrogen and oxygen atoms in total. The minimum Gasteiger partial charge on any atom is -0.465 e. The molecule has 10 rings (SSSR count). The van der Waals surface area contributed by atoms with Gasteiger partial charge in [-0.1, -0.05) is 82.4 Å². The summed E-state index contributed by atoms with van der Waals surface area (Å²) in [6, 6.07) is 8.52. The molecule has 8 heterocycles. The quantitative estimate of drug-likeness (QED) is 0.00650. The molecule has 684 valence electrons. The number of methoxy groups -OCH3 is 2. The number of nitrogens with zero attached hydrogens (tertiary/aromatic N) is 7. The molecule has 1 aromatic carbocycles. The third-order valence-corrected chi connectivity index (χ3v) is 24.3. The van der Waals surface area contributed by atoms with Gasteiger partial charge >= 0.3 is 5.97 Å². The van der Waals surface area contributed by atoms with Gasteiger partial charge in [0.05, 0.1) is 142 Å². The molecule has 33 heteroatoms. The zero-order valence-corrected chi connectivity index (χ0v) is 74.3. The molecule has 4 aliphatic heterocycles. The summed E-state index contributed by atoms with van der Waals surface area (Å²) in [4.78, 5) is 89.9. The highest BCUT2D eigenvalue weighted by Gasteiger charge is 2.53. The summed E-state index contributed by atoms with van der Waals surface area (Å²) in [5.41, 5.74) is 21.1. The van der Waals surface area contributed by atoms with Crippen molar-refractivity contribution < 1.29 is 101 Å². The molecule has 4 aromatic heterocycles. The van der Waals surface area contributed by atoms with Crippen molar-refractivity contribution in [1.29, 1.82) is 0 Å². The number of H-pyrrole nitrogens is 1. The van der Waals surface area contributed by atoms with E-state index in [0.29, 0.717) is 237 Å². The van der Waals surface area contributed by atoms with E-state index in [4.69, 9.17) is 90.4 Å². The van der Waals surface area contributed by atoms with Gasteiger partial charge in [-0.2, -0.15) is 5.10 Å². The summed E-state index contributed by atoms with van der Waals surface area (Å²) in [6.07, 6.45) is 17.7. The number of nitrogens with two attached hydrogens (primary N) is 2. The Morgan fingerprint density at radius 3 is 2.09 bits per heavy atom. The number of aliphatic hydroxyl groups is 3. The van der Waals surface area contributed by atoms with Gasteiger partial charge in [0.25, 0.3) is 16.9 Å². The standard InChI is InChI=1S/C91H133N11O21S/c1-59-14-10-9-11-15-61(3)76(111-7)54-71-22-18-64(6)91(110,123-71)84(107)88(108)101-30-13-12-16-73(101)89(109)121-74(23-17-60(2)49-63(5)82(105)83(106)81(104)62(4)48-59)72(92)51-65-20-24-75(77(52-65)112-8)122-90(124)95-29-33-114-35-37-116-39-41-118-43-45-120-47-46-119-44-42-117-40-38-115-36-34-113-32-27-78(103)100-31-26-67-50-66(19-21-69(67)57-100)56-102-87-79(85(93)97-58-98-87)80(99-102)70-53-68-25-28-94-86(68)96-55-70/h9-11,14-15,19,21,25,28,49-50,53,55,58-60,62,64-65,71-77,82-83,105-106,110H,12-13,16-18,20,22-24,26-27,29-48,51-52,54,56-57,92H2,1-8H3,(H,94,96)(H,95,124)(H2,93,97,98)/b11-9?,14-10+,61-15?,63-49+/t59-,60+,62-,64-,65+,71+,72-,73+,74+,75-,76+,77-,82-,83+,91-/m1/s1. The van der Waals surface area contributed by atoms with Gasteiger partial charge in [-0.25, -0.2) is 24.4 Å². The molecule has 2 bridgehead atoms. The zero-order valence-electron chi connectivity index (χ0n) is 73.5. The maximum Gasteiger partial charge on any atom is 0.329 e. The first-order chi connectivity index (χ1) is 59.9. The van der Waals surface area contributed by atoms with E-state index in [1.807, 2.05) is 79.1 Å². The van der Waals surface area contributed by atoms with Crippen LogP contribution in [-0.2, 0) is 105 Å². The third kappa shape index (κ3) is 29.0. The Balaban J connectivity index is 0.543. The molecule has 15 atom stereocenters. The van der Waals surface area contributed by atoms with Crippen LogP contribution in [0.15, 0.2) is 96.7 Å². The Labute approximate surface area is 733 Å². The van der Waals surface area contributed by atoms with Crippen molar-refractivity contribution in [3.05, 3.63) is 113 Å². The minimum atomic E-state index is -2.45. The molecule has 9 N–H and O–H groups in total. The maximum atomic E-state index is 14.7. The van der Waals surface area contributed by atoms with Gasteiger partial charge in [-0.3, -0.25) is 19.2 Å². The van der Waals surface area contributed by atoms with Crippen molar-refractivity contribution in [2.75, 3.05) is 145 Å². The largest absolute Gasteiger partial charge is 0.465 e. The third-order valence-electron chi connectivity index (χ3n) is 24.0. The predicted octanol–water partition coefficient (Wildman–Crippen LogP) is 8.36. The number of fused-ring (bicyclic) bond motifs is 6. The number of piperidine rings is 1. The van der Waals surface area contributed by atoms with Crippen LogP contribution in [0.4, 0.5) is 5.82 Å². The summed E-state index contributed by atoms with van der Waals surface area (Å²) in [7, 11) is 3.20. The van der Waals surface area contributed by atoms with Crippen LogP contribution < -0.4 is 16.8 Å². The van der Waals surface area contributed by atoms with Gasteiger partial charge in [0.2, 0.25) is 11.7 Å². The molecule has 1 aliphatic carbocycles. The second-order valence-electron chi connectivity index (χ2n) is 33.4. The number of pyridine rings is 1. The van der Waals surface area contributed by atoms with E-state index < -0.39 is 83.7 Å². The number of anilines is 1. The van der Waals surface area contributed by atoms with Crippen LogP contribution in [0.5, 0.6) is 0 Å². The van der Waals surface area contributed by atoms with Crippen molar-refractivity contribution >= 4 is 74.6 Å². The summed E-state index contributed by atoms with van der Waals surface area (Å²) < 4.78 is 77.9. The van der Waals surface area contributed by atoms with Crippen LogP contribution in [0.1, 0.15) is 148 Å². The van der Waals surface area contributed by atoms with E-state index in [1.54, 1.807) is 47.3 Å². The highest BCUT2D eigenvalue weighted by molar-refractivity contribution is 7.80. The van der Waals surface area contributed by atoms with Gasteiger partial charge in [0.15, 0.2) is 11.4 Å². The Morgan fingerprint density at radius 1 is 0.718 bits per heavy atom. The highest BCUT2D eigenvalue weighted by atomic mass is 32.1. The van der Waals surface area contributed by atoms with Crippen molar-refractivity contribution in [2.45, 2.75) is 212 Å². The highest BCUT2D eigenvalue weighted by Crippen LogP contribution is 2.39. The number of hydrogen-bond donors (Lipinski definition) is 7. The lowest BCUT2D eigenvalue weighted by Gasteiger charge is -2.42. The Bertz CT molecular complexity index is 4350. The number of thiocarbonyl (C=S) groups is 1. The first-order valence-electron chi connectivity index (χ1n) is 44.2. The first kappa shape index (κ1) is 98.2. The first-order valence-corrected chi connectivity index (χ1v) is 44.6. The lowest BCUT2D eigenvalue weighted by molar-refractivity contribution is -0.265. The van der Waals surface area contributed by atoms with Crippen molar-refractivity contribution in [3.63, 3.8) is 0 Å². The number of hydrogen-bond acceptors (Lipinski definition) is 28. The Hall–Kier alpha value is -7.94. The number of Topliss-reactive ketones (excluding diaryl/α,β-unsaturated/α-hetero) is 2. The van der Waals surface area contributed by atoms with E-state index in [0.717, 1.165) is 39.7 Å². The maximum absolute atomic E-state index is 14.7. The fourth-order valence-electron chi connectivity index (χ4n) is 16.8. The monoisotopic (exact) mass is 1750 g/mol. The van der Waals surface area contributed by atoms with Gasteiger partial charge in [-0.15, -0.1) is 0 Å². The molecule has 2 amide bonds. The zero-order chi connectivity index (χ0) is 88.5. The van der Waals surface area contributed by atoms with E-state index in [1.165, 1.54) is 16.8 Å². The number of rotatable bonds is 36. The molecule has 5 aliphatic rings. The number of amides is 2. The number of carbonyl (C=O) groups is 5. The molecule has 2 saturated heterocycles. The molecule has 1 saturated carbocycles. The average Bonchev–Trinajstić information content (AvgIpc) is 1.41. The number of ether oxygens (including phenoxy) is 13. The van der Waals surface area contributed by atoms with Crippen LogP contribution in [0.3, 0.4) is 0 Å². The average molecular weight is 1750 g/mol. The number of nitrogens with one attached hydrogen (secondary N) is 2. The van der Waals surface area contributed by atoms with Crippen molar-refractivity contribution in [2.24, 2.45) is 35.3 Å². The van der Waals surface area contributed by atoms with Gasteiger partial charge in [0.1, 0.15) is 53.9 Å². The number of allylic oxidation sites excluding steroid dienone is 6.